The average Bonchev–Trinajstić information content (AvgIpc) is 2.25. The lowest BCUT2D eigenvalue weighted by atomic mass is 10.2. The largest absolute Gasteiger partial charge is 0.481 e. The van der Waals surface area contributed by atoms with Crippen molar-refractivity contribution in [1.82, 2.24) is 4.90 Å². The SMILES string of the molecule is CC/C=C/CCCC(=O)N(C)CCC(=O)O. The Balaban J connectivity index is 3.62. The van der Waals surface area contributed by atoms with Crippen LogP contribution in [0.25, 0.3) is 0 Å². The molecule has 0 radical (unpaired) electrons. The summed E-state index contributed by atoms with van der Waals surface area (Å²) in [7, 11) is 1.65. The molecule has 0 heterocycles. The van der Waals surface area contributed by atoms with E-state index in [1.165, 1.54) is 4.90 Å². The Kier molecular flexibility index (Phi) is 8.21. The highest BCUT2D eigenvalue weighted by Crippen LogP contribution is 2.01. The second-order valence-electron chi connectivity index (χ2n) is 3.73. The highest BCUT2D eigenvalue weighted by atomic mass is 16.4. The van der Waals surface area contributed by atoms with Gasteiger partial charge in [-0.3, -0.25) is 9.59 Å². The Morgan fingerprint density at radius 1 is 1.25 bits per heavy atom. The second kappa shape index (κ2) is 8.95. The number of carboxylic acid groups (broad SMARTS) is 1. The summed E-state index contributed by atoms with van der Waals surface area (Å²) >= 11 is 0. The van der Waals surface area contributed by atoms with E-state index in [4.69, 9.17) is 5.11 Å². The Labute approximate surface area is 96.9 Å². The van der Waals surface area contributed by atoms with Crippen LogP contribution in [0.4, 0.5) is 0 Å². The van der Waals surface area contributed by atoms with Gasteiger partial charge in [0.05, 0.1) is 6.42 Å². The Morgan fingerprint density at radius 3 is 2.50 bits per heavy atom. The number of carbonyl (C=O) groups excluding carboxylic acids is 1. The van der Waals surface area contributed by atoms with E-state index in [0.29, 0.717) is 13.0 Å². The minimum Gasteiger partial charge on any atom is -0.481 e. The van der Waals surface area contributed by atoms with Crippen LogP contribution in [0.2, 0.25) is 0 Å². The molecule has 16 heavy (non-hydrogen) atoms. The summed E-state index contributed by atoms with van der Waals surface area (Å²) in [6.07, 6.45) is 7.41. The second-order valence-corrected chi connectivity index (χ2v) is 3.73. The first-order chi connectivity index (χ1) is 7.57. The lowest BCUT2D eigenvalue weighted by Gasteiger charge is -2.15. The molecule has 0 rings (SSSR count). The summed E-state index contributed by atoms with van der Waals surface area (Å²) in [6.45, 7) is 2.36. The van der Waals surface area contributed by atoms with E-state index in [-0.39, 0.29) is 12.3 Å². The summed E-state index contributed by atoms with van der Waals surface area (Å²) in [4.78, 5) is 23.3. The predicted molar refractivity (Wildman–Crippen MR) is 63.2 cm³/mol. The first-order valence-corrected chi connectivity index (χ1v) is 5.68. The number of carboxylic acids is 1. The van der Waals surface area contributed by atoms with Crippen LogP contribution >= 0.6 is 0 Å². The molecule has 1 N–H and O–H groups in total. The van der Waals surface area contributed by atoms with Crippen LogP contribution in [0, 0.1) is 0 Å². The van der Waals surface area contributed by atoms with Crippen LogP contribution in [0.5, 0.6) is 0 Å². The van der Waals surface area contributed by atoms with Gasteiger partial charge in [0.25, 0.3) is 0 Å². The molecule has 92 valence electrons. The molecule has 0 aromatic carbocycles. The molecule has 0 atom stereocenters. The van der Waals surface area contributed by atoms with Gasteiger partial charge in [-0.05, 0) is 19.3 Å². The summed E-state index contributed by atoms with van der Waals surface area (Å²) in [5, 5.41) is 8.47. The van der Waals surface area contributed by atoms with Gasteiger partial charge in [0, 0.05) is 20.0 Å². The van der Waals surface area contributed by atoms with E-state index in [2.05, 4.69) is 19.1 Å². The zero-order chi connectivity index (χ0) is 12.4. The number of rotatable bonds is 8. The highest BCUT2D eigenvalue weighted by Gasteiger charge is 2.08. The quantitative estimate of drug-likeness (QED) is 0.510. The molecule has 0 aromatic heterocycles. The Morgan fingerprint density at radius 2 is 1.94 bits per heavy atom. The number of nitrogens with zero attached hydrogens (tertiary/aromatic N) is 1. The number of hydrogen-bond acceptors (Lipinski definition) is 2. The molecule has 4 nitrogen and oxygen atoms in total. The zero-order valence-corrected chi connectivity index (χ0v) is 10.1. The maximum Gasteiger partial charge on any atom is 0.305 e. The lowest BCUT2D eigenvalue weighted by molar-refractivity contribution is -0.138. The van der Waals surface area contributed by atoms with Gasteiger partial charge in [0.15, 0.2) is 0 Å². The Bertz CT molecular complexity index is 249. The number of amides is 1. The summed E-state index contributed by atoms with van der Waals surface area (Å²) in [6, 6.07) is 0. The summed E-state index contributed by atoms with van der Waals surface area (Å²) < 4.78 is 0. The van der Waals surface area contributed by atoms with Crippen molar-refractivity contribution in [3.8, 4) is 0 Å². The van der Waals surface area contributed by atoms with Crippen LogP contribution in [-0.2, 0) is 9.59 Å². The number of aliphatic carboxylic acids is 1. The van der Waals surface area contributed by atoms with Gasteiger partial charge in [-0.2, -0.15) is 0 Å². The predicted octanol–water partition coefficient (Wildman–Crippen LogP) is 2.06. The molecule has 1 amide bonds. The fourth-order valence-corrected chi connectivity index (χ4v) is 1.23. The van der Waals surface area contributed by atoms with Crippen LogP contribution in [0.3, 0.4) is 0 Å². The molecule has 0 aromatic rings. The number of hydrogen-bond donors (Lipinski definition) is 1. The fraction of sp³-hybridized carbons (Fsp3) is 0.667. The maximum atomic E-state index is 11.5. The van der Waals surface area contributed by atoms with Gasteiger partial charge in [-0.25, -0.2) is 0 Å². The van der Waals surface area contributed by atoms with E-state index in [9.17, 15) is 9.59 Å². The smallest absolute Gasteiger partial charge is 0.305 e. The van der Waals surface area contributed by atoms with Crippen molar-refractivity contribution in [1.29, 1.82) is 0 Å². The molecule has 4 heteroatoms. The monoisotopic (exact) mass is 227 g/mol. The van der Waals surface area contributed by atoms with Crippen molar-refractivity contribution in [3.05, 3.63) is 12.2 Å². The third-order valence-corrected chi connectivity index (χ3v) is 2.25. The van der Waals surface area contributed by atoms with Crippen molar-refractivity contribution in [2.45, 2.75) is 39.0 Å². The van der Waals surface area contributed by atoms with E-state index < -0.39 is 5.97 Å². The van der Waals surface area contributed by atoms with E-state index in [1.54, 1.807) is 7.05 Å². The number of unbranched alkanes of at least 4 members (excludes halogenated alkanes) is 1. The average molecular weight is 227 g/mol. The van der Waals surface area contributed by atoms with Crippen LogP contribution < -0.4 is 0 Å². The Hall–Kier alpha value is -1.32. The zero-order valence-electron chi connectivity index (χ0n) is 10.1. The molecule has 0 aliphatic heterocycles. The third kappa shape index (κ3) is 8.03. The van der Waals surface area contributed by atoms with Gasteiger partial charge < -0.3 is 10.0 Å². The van der Waals surface area contributed by atoms with Crippen molar-refractivity contribution in [2.75, 3.05) is 13.6 Å². The van der Waals surface area contributed by atoms with Gasteiger partial charge in [0.2, 0.25) is 5.91 Å². The number of carbonyl (C=O) groups is 2. The molecular weight excluding hydrogens is 206 g/mol. The molecule has 0 saturated carbocycles. The van der Waals surface area contributed by atoms with E-state index in [0.717, 1.165) is 19.3 Å². The molecule has 0 fully saturated rings. The first kappa shape index (κ1) is 14.7. The molecule has 0 aliphatic rings. The van der Waals surface area contributed by atoms with Crippen molar-refractivity contribution >= 4 is 11.9 Å². The molecule has 0 saturated heterocycles. The first-order valence-electron chi connectivity index (χ1n) is 5.68. The van der Waals surface area contributed by atoms with Gasteiger partial charge in [0.1, 0.15) is 0 Å². The molecule has 0 aliphatic carbocycles. The van der Waals surface area contributed by atoms with E-state index >= 15 is 0 Å². The highest BCUT2D eigenvalue weighted by molar-refractivity contribution is 5.76. The van der Waals surface area contributed by atoms with Crippen molar-refractivity contribution < 1.29 is 14.7 Å². The molecular formula is C12H21NO3. The summed E-state index contributed by atoms with van der Waals surface area (Å²) in [5.74, 6) is -0.850. The van der Waals surface area contributed by atoms with Crippen LogP contribution in [0.1, 0.15) is 39.0 Å². The van der Waals surface area contributed by atoms with Gasteiger partial charge in [-0.1, -0.05) is 19.1 Å². The topological polar surface area (TPSA) is 57.6 Å². The molecule has 0 spiro atoms. The minimum atomic E-state index is -0.870. The van der Waals surface area contributed by atoms with Crippen molar-refractivity contribution in [2.24, 2.45) is 0 Å². The van der Waals surface area contributed by atoms with Crippen LogP contribution in [-0.4, -0.2) is 35.5 Å². The number of allylic oxidation sites excluding steroid dienone is 2. The third-order valence-electron chi connectivity index (χ3n) is 2.25. The molecule has 0 bridgehead atoms. The lowest BCUT2D eigenvalue weighted by Crippen LogP contribution is -2.28. The van der Waals surface area contributed by atoms with Gasteiger partial charge >= 0.3 is 5.97 Å². The standard InChI is InChI=1S/C12H21NO3/c1-3-4-5-6-7-8-11(14)13(2)10-9-12(15)16/h4-5H,3,6-10H2,1-2H3,(H,15,16)/b5-4+. The van der Waals surface area contributed by atoms with Gasteiger partial charge in [-0.15, -0.1) is 0 Å². The molecule has 0 unspecified atom stereocenters. The summed E-state index contributed by atoms with van der Waals surface area (Å²) in [5.41, 5.74) is 0. The maximum absolute atomic E-state index is 11.5. The normalized spacial score (nSPS) is 10.6. The van der Waals surface area contributed by atoms with E-state index in [1.807, 2.05) is 0 Å². The van der Waals surface area contributed by atoms with Crippen molar-refractivity contribution in [3.63, 3.8) is 0 Å². The van der Waals surface area contributed by atoms with Crippen LogP contribution in [0.15, 0.2) is 12.2 Å². The minimum absolute atomic E-state index is 0.0119. The fourth-order valence-electron chi connectivity index (χ4n) is 1.23.